The maximum atomic E-state index is 12.0. The summed E-state index contributed by atoms with van der Waals surface area (Å²) in [7, 11) is 0. The van der Waals surface area contributed by atoms with Crippen molar-refractivity contribution in [3.05, 3.63) is 28.8 Å². The quantitative estimate of drug-likeness (QED) is 0.332. The number of rotatable bonds is 8. The van der Waals surface area contributed by atoms with E-state index in [1.54, 1.807) is 18.2 Å². The molecule has 28 heavy (non-hydrogen) atoms. The van der Waals surface area contributed by atoms with Crippen molar-refractivity contribution < 1.29 is 14.3 Å². The van der Waals surface area contributed by atoms with Gasteiger partial charge in [0.2, 0.25) is 0 Å². The lowest BCUT2D eigenvalue weighted by Gasteiger charge is -2.15. The lowest BCUT2D eigenvalue weighted by atomic mass is 10.2. The Morgan fingerprint density at radius 1 is 1.25 bits per heavy atom. The molecule has 1 aromatic rings. The molecule has 6 nitrogen and oxygen atoms in total. The van der Waals surface area contributed by atoms with Gasteiger partial charge >= 0.3 is 0 Å². The number of halogens is 1. The Morgan fingerprint density at radius 3 is 2.68 bits per heavy atom. The molecule has 2 rings (SSSR count). The average Bonchev–Trinajstić information content (AvgIpc) is 3.17. The van der Waals surface area contributed by atoms with Crippen molar-refractivity contribution in [2.75, 3.05) is 13.2 Å². The first-order chi connectivity index (χ1) is 13.5. The number of hydrogen-bond acceptors (Lipinski definition) is 4. The molecule has 1 aliphatic rings. The van der Waals surface area contributed by atoms with Gasteiger partial charge in [0, 0.05) is 12.1 Å². The zero-order valence-corrected chi connectivity index (χ0v) is 17.9. The maximum absolute atomic E-state index is 12.0. The zero-order chi connectivity index (χ0) is 20.4. The van der Waals surface area contributed by atoms with Gasteiger partial charge in [0.1, 0.15) is 0 Å². The predicted octanol–water partition coefficient (Wildman–Crippen LogP) is 3.98. The van der Waals surface area contributed by atoms with Crippen molar-refractivity contribution in [1.82, 2.24) is 16.2 Å². The molecule has 0 radical (unpaired) electrons. The normalized spacial score (nSPS) is 14.1. The number of hydrazine groups is 1. The Kier molecular flexibility index (Phi) is 9.37. The van der Waals surface area contributed by atoms with Gasteiger partial charge in [0.15, 0.2) is 16.6 Å². The molecule has 0 unspecified atom stereocenters. The third-order valence-corrected chi connectivity index (χ3v) is 4.70. The minimum absolute atomic E-state index is 0.323. The van der Waals surface area contributed by atoms with E-state index in [2.05, 4.69) is 16.2 Å². The van der Waals surface area contributed by atoms with Crippen molar-refractivity contribution in [3.8, 4) is 11.5 Å². The molecule has 0 heterocycles. The fourth-order valence-corrected chi connectivity index (χ4v) is 3.41. The van der Waals surface area contributed by atoms with Crippen LogP contribution in [0.4, 0.5) is 0 Å². The smallest absolute Gasteiger partial charge is 0.262 e. The van der Waals surface area contributed by atoms with E-state index >= 15 is 0 Å². The van der Waals surface area contributed by atoms with Crippen molar-refractivity contribution in [2.45, 2.75) is 52.0 Å². The first-order valence-corrected chi connectivity index (χ1v) is 10.5. The summed E-state index contributed by atoms with van der Waals surface area (Å²) in [4.78, 5) is 12.0. The summed E-state index contributed by atoms with van der Waals surface area (Å²) < 4.78 is 11.3. The average molecular weight is 426 g/mol. The van der Waals surface area contributed by atoms with Gasteiger partial charge < -0.3 is 14.8 Å². The minimum Gasteiger partial charge on any atom is -0.490 e. The molecular weight excluding hydrogens is 398 g/mol. The first-order valence-electron chi connectivity index (χ1n) is 9.67. The topological polar surface area (TPSA) is 71.6 Å². The van der Waals surface area contributed by atoms with Gasteiger partial charge in [-0.05, 0) is 62.2 Å². The number of ether oxygens (including phenoxy) is 2. The van der Waals surface area contributed by atoms with Crippen molar-refractivity contribution in [2.24, 2.45) is 0 Å². The highest BCUT2D eigenvalue weighted by molar-refractivity contribution is 7.80. The molecule has 0 bridgehead atoms. The summed E-state index contributed by atoms with van der Waals surface area (Å²) in [6.07, 6.45) is 8.57. The van der Waals surface area contributed by atoms with Crippen LogP contribution in [0.3, 0.4) is 0 Å². The minimum atomic E-state index is -0.323. The third-order valence-electron chi connectivity index (χ3n) is 4.20. The number of thiocarbonyl (C=S) groups is 1. The highest BCUT2D eigenvalue weighted by Crippen LogP contribution is 2.37. The number of carbonyl (C=O) groups excluding carboxylic acids is 1. The predicted molar refractivity (Wildman–Crippen MR) is 117 cm³/mol. The fraction of sp³-hybridized carbons (Fsp3) is 0.500. The second-order valence-corrected chi connectivity index (χ2v) is 7.33. The Bertz CT molecular complexity index is 706. The van der Waals surface area contributed by atoms with E-state index in [1.165, 1.54) is 18.9 Å². The van der Waals surface area contributed by atoms with Crippen molar-refractivity contribution >= 4 is 40.9 Å². The first kappa shape index (κ1) is 22.3. The molecular formula is C20H28ClN3O3S. The van der Waals surface area contributed by atoms with E-state index in [-0.39, 0.29) is 5.91 Å². The number of hydrogen-bond donors (Lipinski definition) is 3. The largest absolute Gasteiger partial charge is 0.490 e. The second kappa shape index (κ2) is 11.8. The van der Waals surface area contributed by atoms with Crippen LogP contribution in [0, 0.1) is 0 Å². The molecule has 1 aromatic carbocycles. The van der Waals surface area contributed by atoms with Gasteiger partial charge in [-0.25, -0.2) is 0 Å². The van der Waals surface area contributed by atoms with Crippen LogP contribution in [0.5, 0.6) is 11.5 Å². The number of carbonyl (C=O) groups is 1. The highest BCUT2D eigenvalue weighted by Gasteiger charge is 2.15. The molecule has 1 fully saturated rings. The summed E-state index contributed by atoms with van der Waals surface area (Å²) in [5, 5.41) is 4.06. The van der Waals surface area contributed by atoms with Crippen LogP contribution in [0.2, 0.25) is 5.02 Å². The maximum Gasteiger partial charge on any atom is 0.262 e. The van der Waals surface area contributed by atoms with E-state index in [0.717, 1.165) is 24.8 Å². The van der Waals surface area contributed by atoms with Crippen LogP contribution < -0.4 is 25.6 Å². The molecule has 1 amide bonds. The van der Waals surface area contributed by atoms with Gasteiger partial charge in [-0.2, -0.15) is 0 Å². The number of benzene rings is 1. The van der Waals surface area contributed by atoms with Crippen LogP contribution in [-0.4, -0.2) is 30.3 Å². The molecule has 1 aliphatic carbocycles. The summed E-state index contributed by atoms with van der Waals surface area (Å²) in [6, 6.07) is 3.92. The number of nitrogens with one attached hydrogen (secondary N) is 3. The summed E-state index contributed by atoms with van der Waals surface area (Å²) >= 11 is 11.5. The van der Waals surface area contributed by atoms with Crippen molar-refractivity contribution in [3.63, 3.8) is 0 Å². The van der Waals surface area contributed by atoms with Crippen LogP contribution in [0.1, 0.15) is 51.5 Å². The van der Waals surface area contributed by atoms with E-state index in [0.29, 0.717) is 40.9 Å². The fourth-order valence-electron chi connectivity index (χ4n) is 2.91. The van der Waals surface area contributed by atoms with E-state index in [4.69, 9.17) is 33.3 Å². The SMILES string of the molecule is CCCOc1c(Cl)cc(/C=C/C(=O)NNC(=S)NC2CCCC2)cc1OCC. The van der Waals surface area contributed by atoms with Gasteiger partial charge in [-0.1, -0.05) is 31.4 Å². The lowest BCUT2D eigenvalue weighted by molar-refractivity contribution is -0.116. The Hall–Kier alpha value is -1.99. The highest BCUT2D eigenvalue weighted by atomic mass is 35.5. The molecule has 0 saturated heterocycles. The summed E-state index contributed by atoms with van der Waals surface area (Å²) in [5.41, 5.74) is 6.01. The van der Waals surface area contributed by atoms with Gasteiger partial charge in [-0.3, -0.25) is 15.6 Å². The number of amides is 1. The van der Waals surface area contributed by atoms with E-state index in [9.17, 15) is 4.79 Å². The van der Waals surface area contributed by atoms with Crippen LogP contribution >= 0.6 is 23.8 Å². The molecule has 1 saturated carbocycles. The zero-order valence-electron chi connectivity index (χ0n) is 16.3. The molecule has 8 heteroatoms. The standard InChI is InChI=1S/C20H28ClN3O3S/c1-3-11-27-19-16(21)12-14(13-17(19)26-4-2)9-10-18(25)23-24-20(28)22-15-7-5-6-8-15/h9-10,12-13,15H,3-8,11H2,1-2H3,(H,23,25)(H2,22,24,28)/b10-9+. The molecule has 0 atom stereocenters. The summed E-state index contributed by atoms with van der Waals surface area (Å²) in [6.45, 7) is 4.95. The van der Waals surface area contributed by atoms with Gasteiger partial charge in [-0.15, -0.1) is 0 Å². The molecule has 154 valence electrons. The Morgan fingerprint density at radius 2 is 2.00 bits per heavy atom. The van der Waals surface area contributed by atoms with Crippen LogP contribution in [0.25, 0.3) is 6.08 Å². The molecule has 0 aliphatic heterocycles. The van der Waals surface area contributed by atoms with Crippen LogP contribution in [-0.2, 0) is 4.79 Å². The Balaban J connectivity index is 1.92. The molecule has 0 aromatic heterocycles. The third kappa shape index (κ3) is 7.20. The van der Waals surface area contributed by atoms with Gasteiger partial charge in [0.05, 0.1) is 18.2 Å². The molecule has 3 N–H and O–H groups in total. The van der Waals surface area contributed by atoms with Gasteiger partial charge in [0.25, 0.3) is 5.91 Å². The lowest BCUT2D eigenvalue weighted by Crippen LogP contribution is -2.48. The van der Waals surface area contributed by atoms with Crippen LogP contribution in [0.15, 0.2) is 18.2 Å². The monoisotopic (exact) mass is 425 g/mol. The molecule has 0 spiro atoms. The van der Waals surface area contributed by atoms with E-state index in [1.807, 2.05) is 13.8 Å². The van der Waals surface area contributed by atoms with E-state index < -0.39 is 0 Å². The second-order valence-electron chi connectivity index (χ2n) is 6.51. The van der Waals surface area contributed by atoms with Crippen molar-refractivity contribution in [1.29, 1.82) is 0 Å². The summed E-state index contributed by atoms with van der Waals surface area (Å²) in [5.74, 6) is 0.761. The Labute approximate surface area is 177 Å².